The summed E-state index contributed by atoms with van der Waals surface area (Å²) in [6.07, 6.45) is 0.275. The lowest BCUT2D eigenvalue weighted by molar-refractivity contribution is 0.0766. The fourth-order valence-electron chi connectivity index (χ4n) is 2.52. The second-order valence-electron chi connectivity index (χ2n) is 5.17. The molecule has 21 heavy (non-hydrogen) atoms. The number of hydrogen-bond acceptors (Lipinski definition) is 4. The van der Waals surface area contributed by atoms with Gasteiger partial charge in [0.25, 0.3) is 5.91 Å². The van der Waals surface area contributed by atoms with Crippen LogP contribution in [0.3, 0.4) is 0 Å². The largest absolute Gasteiger partial charge is 0.391 e. The van der Waals surface area contributed by atoms with Gasteiger partial charge >= 0.3 is 0 Å². The normalized spacial score (nSPS) is 18.0. The summed E-state index contributed by atoms with van der Waals surface area (Å²) in [6.45, 7) is 1.77. The highest BCUT2D eigenvalue weighted by Gasteiger charge is 2.26. The molecule has 5 heteroatoms. The zero-order chi connectivity index (χ0) is 14.7. The Morgan fingerprint density at radius 2 is 2.19 bits per heavy atom. The minimum Gasteiger partial charge on any atom is -0.391 e. The summed E-state index contributed by atoms with van der Waals surface area (Å²) < 4.78 is 0. The predicted octanol–water partition coefficient (Wildman–Crippen LogP) is 2.57. The van der Waals surface area contributed by atoms with Crippen LogP contribution < -0.4 is 5.32 Å². The molecule has 0 saturated carbocycles. The Balaban J connectivity index is 1.74. The van der Waals surface area contributed by atoms with Crippen molar-refractivity contribution in [2.45, 2.75) is 19.1 Å². The standard InChI is InChI=1S/C16H18N2O2S/c19-12-7-8-18(11-12)16(20)14-5-1-2-6-15(14)17-10-13-4-3-9-21-13/h1-6,9,12,17,19H,7-8,10-11H2/t12-/m1/s1. The van der Waals surface area contributed by atoms with Gasteiger partial charge in [0.2, 0.25) is 0 Å². The maximum Gasteiger partial charge on any atom is 0.256 e. The minimum absolute atomic E-state index is 0.0131. The summed E-state index contributed by atoms with van der Waals surface area (Å²) in [5.74, 6) is -0.0131. The molecule has 1 saturated heterocycles. The van der Waals surface area contributed by atoms with E-state index >= 15 is 0 Å². The van der Waals surface area contributed by atoms with Gasteiger partial charge in [0, 0.05) is 30.2 Å². The number of rotatable bonds is 4. The first-order chi connectivity index (χ1) is 10.2. The number of nitrogens with one attached hydrogen (secondary N) is 1. The smallest absolute Gasteiger partial charge is 0.256 e. The number of para-hydroxylation sites is 1. The predicted molar refractivity (Wildman–Crippen MR) is 84.6 cm³/mol. The molecule has 0 bridgehead atoms. The van der Waals surface area contributed by atoms with Crippen LogP contribution in [0, 0.1) is 0 Å². The van der Waals surface area contributed by atoms with Crippen LogP contribution >= 0.6 is 11.3 Å². The van der Waals surface area contributed by atoms with Gasteiger partial charge in [-0.1, -0.05) is 18.2 Å². The fourth-order valence-corrected chi connectivity index (χ4v) is 3.16. The zero-order valence-corrected chi connectivity index (χ0v) is 12.5. The Kier molecular flexibility index (Phi) is 4.22. The molecule has 0 aliphatic carbocycles. The van der Waals surface area contributed by atoms with Crippen LogP contribution in [-0.4, -0.2) is 35.1 Å². The Morgan fingerprint density at radius 1 is 1.33 bits per heavy atom. The summed E-state index contributed by atoms with van der Waals surface area (Å²) in [7, 11) is 0. The SMILES string of the molecule is O=C(c1ccccc1NCc1cccs1)N1CC[C@@H](O)C1. The molecule has 1 aromatic heterocycles. The highest BCUT2D eigenvalue weighted by atomic mass is 32.1. The van der Waals surface area contributed by atoms with Gasteiger partial charge in [-0.25, -0.2) is 0 Å². The Bertz CT molecular complexity index is 612. The molecule has 110 valence electrons. The lowest BCUT2D eigenvalue weighted by Gasteiger charge is -2.18. The van der Waals surface area contributed by atoms with Gasteiger partial charge in [0.1, 0.15) is 0 Å². The monoisotopic (exact) mass is 302 g/mol. The molecular weight excluding hydrogens is 284 g/mol. The van der Waals surface area contributed by atoms with Crippen LogP contribution in [0.1, 0.15) is 21.7 Å². The average molecular weight is 302 g/mol. The summed E-state index contributed by atoms with van der Waals surface area (Å²) in [6, 6.07) is 11.6. The number of carbonyl (C=O) groups excluding carboxylic acids is 1. The quantitative estimate of drug-likeness (QED) is 0.912. The number of thiophene rings is 1. The molecule has 2 heterocycles. The van der Waals surface area contributed by atoms with Gasteiger partial charge in [-0.05, 0) is 30.0 Å². The molecule has 3 rings (SSSR count). The van der Waals surface area contributed by atoms with E-state index in [4.69, 9.17) is 0 Å². The number of β-amino-alcohol motifs (C(OH)–C–C–N with tert-alkyl or cyclic N) is 1. The first-order valence-electron chi connectivity index (χ1n) is 7.06. The maximum absolute atomic E-state index is 12.6. The van der Waals surface area contributed by atoms with Gasteiger partial charge < -0.3 is 15.3 Å². The summed E-state index contributed by atoms with van der Waals surface area (Å²) in [4.78, 5) is 15.5. The van der Waals surface area contributed by atoms with E-state index in [0.29, 0.717) is 31.6 Å². The average Bonchev–Trinajstić information content (AvgIpc) is 3.16. The topological polar surface area (TPSA) is 52.6 Å². The molecule has 2 aromatic rings. The van der Waals surface area contributed by atoms with E-state index in [-0.39, 0.29) is 12.0 Å². The molecule has 0 spiro atoms. The second-order valence-corrected chi connectivity index (χ2v) is 6.20. The van der Waals surface area contributed by atoms with Crippen molar-refractivity contribution < 1.29 is 9.90 Å². The molecule has 1 amide bonds. The molecule has 1 aromatic carbocycles. The Hall–Kier alpha value is -1.85. The van der Waals surface area contributed by atoms with Crippen molar-refractivity contribution >= 4 is 22.9 Å². The van der Waals surface area contributed by atoms with Gasteiger partial charge in [-0.15, -0.1) is 11.3 Å². The van der Waals surface area contributed by atoms with Crippen molar-refractivity contribution in [3.63, 3.8) is 0 Å². The number of anilines is 1. The molecule has 1 aliphatic heterocycles. The summed E-state index contributed by atoms with van der Waals surface area (Å²) in [5.41, 5.74) is 1.51. The van der Waals surface area contributed by atoms with E-state index < -0.39 is 0 Å². The van der Waals surface area contributed by atoms with Crippen molar-refractivity contribution in [3.8, 4) is 0 Å². The van der Waals surface area contributed by atoms with E-state index in [2.05, 4.69) is 11.4 Å². The van der Waals surface area contributed by atoms with Crippen molar-refractivity contribution in [2.75, 3.05) is 18.4 Å². The first-order valence-corrected chi connectivity index (χ1v) is 7.94. The molecular formula is C16H18N2O2S. The highest BCUT2D eigenvalue weighted by molar-refractivity contribution is 7.09. The molecule has 1 aliphatic rings. The third-order valence-corrected chi connectivity index (χ3v) is 4.52. The second kappa shape index (κ2) is 6.28. The van der Waals surface area contributed by atoms with Crippen LogP contribution in [0.25, 0.3) is 0 Å². The molecule has 2 N–H and O–H groups in total. The van der Waals surface area contributed by atoms with Crippen LogP contribution in [-0.2, 0) is 6.54 Å². The zero-order valence-electron chi connectivity index (χ0n) is 11.7. The lowest BCUT2D eigenvalue weighted by atomic mass is 10.1. The van der Waals surface area contributed by atoms with E-state index in [1.54, 1.807) is 16.2 Å². The van der Waals surface area contributed by atoms with Crippen LogP contribution in [0.5, 0.6) is 0 Å². The van der Waals surface area contributed by atoms with Crippen molar-refractivity contribution in [2.24, 2.45) is 0 Å². The fraction of sp³-hybridized carbons (Fsp3) is 0.312. The third-order valence-electron chi connectivity index (χ3n) is 3.64. The molecule has 1 atom stereocenters. The number of aliphatic hydroxyl groups excluding tert-OH is 1. The van der Waals surface area contributed by atoms with Crippen molar-refractivity contribution in [1.29, 1.82) is 0 Å². The van der Waals surface area contributed by atoms with Crippen LogP contribution in [0.4, 0.5) is 5.69 Å². The molecule has 0 radical (unpaired) electrons. The number of carbonyl (C=O) groups is 1. The molecule has 0 unspecified atom stereocenters. The van der Waals surface area contributed by atoms with Gasteiger partial charge in [-0.2, -0.15) is 0 Å². The van der Waals surface area contributed by atoms with Crippen molar-refractivity contribution in [3.05, 3.63) is 52.2 Å². The van der Waals surface area contributed by atoms with Crippen molar-refractivity contribution in [1.82, 2.24) is 4.90 Å². The van der Waals surface area contributed by atoms with Gasteiger partial charge in [0.05, 0.1) is 11.7 Å². The Labute approximate surface area is 128 Å². The number of amides is 1. The molecule has 1 fully saturated rings. The summed E-state index contributed by atoms with van der Waals surface area (Å²) in [5, 5.41) is 15.0. The van der Waals surface area contributed by atoms with Gasteiger partial charge in [-0.3, -0.25) is 4.79 Å². The molecule has 4 nitrogen and oxygen atoms in total. The maximum atomic E-state index is 12.6. The number of hydrogen-bond donors (Lipinski definition) is 2. The van der Waals surface area contributed by atoms with E-state index in [1.165, 1.54) is 4.88 Å². The third kappa shape index (κ3) is 3.25. The number of likely N-dealkylation sites (tertiary alicyclic amines) is 1. The highest BCUT2D eigenvalue weighted by Crippen LogP contribution is 2.21. The minimum atomic E-state index is -0.389. The number of aliphatic hydroxyl groups is 1. The van der Waals surface area contributed by atoms with E-state index in [0.717, 1.165) is 5.69 Å². The van der Waals surface area contributed by atoms with E-state index in [1.807, 2.05) is 35.7 Å². The van der Waals surface area contributed by atoms with E-state index in [9.17, 15) is 9.90 Å². The lowest BCUT2D eigenvalue weighted by Crippen LogP contribution is -2.30. The summed E-state index contributed by atoms with van der Waals surface area (Å²) >= 11 is 1.69. The first kappa shape index (κ1) is 14.1. The van der Waals surface area contributed by atoms with Crippen LogP contribution in [0.2, 0.25) is 0 Å². The van der Waals surface area contributed by atoms with Crippen LogP contribution in [0.15, 0.2) is 41.8 Å². The van der Waals surface area contributed by atoms with Gasteiger partial charge in [0.15, 0.2) is 0 Å². The number of nitrogens with zero attached hydrogens (tertiary/aromatic N) is 1. The Morgan fingerprint density at radius 3 is 2.90 bits per heavy atom. The number of benzene rings is 1.